The van der Waals surface area contributed by atoms with Gasteiger partial charge in [-0.1, -0.05) is 20.3 Å². The second-order valence-corrected chi connectivity index (χ2v) is 6.17. The molecular weight excluding hydrogens is 310 g/mol. The normalized spacial score (nSPS) is 13.9. The first-order chi connectivity index (χ1) is 11.4. The number of fused-ring (bicyclic) bond motifs is 1. The number of aromatic nitrogens is 4. The van der Waals surface area contributed by atoms with Crippen LogP contribution in [-0.4, -0.2) is 43.2 Å². The number of nitrogens with zero attached hydrogens (tertiary/aromatic N) is 3. The van der Waals surface area contributed by atoms with Crippen molar-refractivity contribution in [3.8, 4) is 0 Å². The molecule has 2 atom stereocenters. The van der Waals surface area contributed by atoms with E-state index in [4.69, 9.17) is 0 Å². The van der Waals surface area contributed by atoms with Crippen molar-refractivity contribution in [3.63, 3.8) is 0 Å². The predicted molar refractivity (Wildman–Crippen MR) is 89.9 cm³/mol. The minimum Gasteiger partial charge on any atom is -0.394 e. The number of carbonyl (C=O) groups excluding carboxylic acids is 1. The number of aliphatic hydroxyl groups excluding tert-OH is 1. The van der Waals surface area contributed by atoms with Crippen molar-refractivity contribution in [1.82, 2.24) is 24.9 Å². The number of hydrogen-bond acceptors (Lipinski definition) is 5. The number of aryl methyl sites for hydroxylation is 2. The van der Waals surface area contributed by atoms with E-state index in [1.165, 1.54) is 4.52 Å². The van der Waals surface area contributed by atoms with Crippen LogP contribution >= 0.6 is 0 Å². The van der Waals surface area contributed by atoms with Crippen molar-refractivity contribution in [1.29, 1.82) is 0 Å². The average molecular weight is 335 g/mol. The fraction of sp³-hybridized carbons (Fsp3) is 0.625. The number of H-pyrrole nitrogens is 1. The van der Waals surface area contributed by atoms with Crippen LogP contribution in [0.4, 0.5) is 0 Å². The van der Waals surface area contributed by atoms with Crippen molar-refractivity contribution in [2.75, 3.05) is 6.61 Å². The van der Waals surface area contributed by atoms with Gasteiger partial charge in [0.2, 0.25) is 5.91 Å². The lowest BCUT2D eigenvalue weighted by Gasteiger charge is -2.22. The molecule has 0 radical (unpaired) electrons. The predicted octanol–water partition coefficient (Wildman–Crippen LogP) is 0.490. The van der Waals surface area contributed by atoms with Gasteiger partial charge >= 0.3 is 0 Å². The summed E-state index contributed by atoms with van der Waals surface area (Å²) in [4.78, 5) is 33.1. The number of aliphatic hydroxyl groups is 1. The Hall–Kier alpha value is -2.22. The van der Waals surface area contributed by atoms with E-state index in [0.717, 1.165) is 6.42 Å². The minimum absolute atomic E-state index is 0.0939. The number of rotatable bonds is 7. The Kier molecular flexibility index (Phi) is 5.71. The maximum Gasteiger partial charge on any atom is 0.277 e. The molecule has 3 N–H and O–H groups in total. The molecule has 0 bridgehead atoms. The van der Waals surface area contributed by atoms with Gasteiger partial charge in [0.05, 0.1) is 18.3 Å². The maximum absolute atomic E-state index is 12.5. The Balaban J connectivity index is 2.10. The van der Waals surface area contributed by atoms with Crippen molar-refractivity contribution < 1.29 is 9.90 Å². The van der Waals surface area contributed by atoms with Crippen LogP contribution in [0, 0.1) is 19.8 Å². The van der Waals surface area contributed by atoms with Crippen LogP contribution in [-0.2, 0) is 11.2 Å². The van der Waals surface area contributed by atoms with E-state index in [9.17, 15) is 14.7 Å². The third-order valence-electron chi connectivity index (χ3n) is 4.38. The smallest absolute Gasteiger partial charge is 0.277 e. The molecule has 0 aromatic carbocycles. The summed E-state index contributed by atoms with van der Waals surface area (Å²) in [5.74, 6) is 0.949. The lowest BCUT2D eigenvalue weighted by Crippen LogP contribution is -2.42. The average Bonchev–Trinajstić information content (AvgIpc) is 2.92. The standard InChI is InChI=1S/C16H25N5O3/c1-5-9(2)13(8-22)19-14(23)7-6-12-10(3)17-16-18-11(4)20-21(16)15(12)24/h9,13,22H,5-8H2,1-4H3,(H,19,23)(H,17,18,20)/t9-,13+/m1/s1. The molecule has 132 valence electrons. The number of hydrogen-bond donors (Lipinski definition) is 3. The Morgan fingerprint density at radius 3 is 2.71 bits per heavy atom. The van der Waals surface area contributed by atoms with E-state index < -0.39 is 0 Å². The topological polar surface area (TPSA) is 112 Å². The summed E-state index contributed by atoms with van der Waals surface area (Å²) in [5, 5.41) is 15.1. The molecule has 2 aromatic heterocycles. The molecule has 0 fully saturated rings. The monoisotopic (exact) mass is 335 g/mol. The largest absolute Gasteiger partial charge is 0.394 e. The first kappa shape index (κ1) is 18.1. The highest BCUT2D eigenvalue weighted by atomic mass is 16.3. The molecule has 8 nitrogen and oxygen atoms in total. The minimum atomic E-state index is -0.263. The quantitative estimate of drug-likeness (QED) is 0.682. The van der Waals surface area contributed by atoms with E-state index in [1.54, 1.807) is 13.8 Å². The third kappa shape index (κ3) is 3.81. The van der Waals surface area contributed by atoms with E-state index in [0.29, 0.717) is 29.3 Å². The van der Waals surface area contributed by atoms with Crippen LogP contribution in [0.25, 0.3) is 5.78 Å². The van der Waals surface area contributed by atoms with E-state index in [1.807, 2.05) is 13.8 Å². The zero-order valence-electron chi connectivity index (χ0n) is 14.6. The van der Waals surface area contributed by atoms with Crippen LogP contribution in [0.1, 0.15) is 43.8 Å². The molecule has 2 aromatic rings. The zero-order valence-corrected chi connectivity index (χ0v) is 14.6. The van der Waals surface area contributed by atoms with E-state index in [2.05, 4.69) is 20.4 Å². The van der Waals surface area contributed by atoms with Crippen molar-refractivity contribution >= 4 is 11.7 Å². The Bertz CT molecular complexity index is 780. The highest BCUT2D eigenvalue weighted by molar-refractivity contribution is 5.76. The van der Waals surface area contributed by atoms with Crippen LogP contribution in [0.3, 0.4) is 0 Å². The molecule has 0 aliphatic carbocycles. The molecule has 8 heteroatoms. The van der Waals surface area contributed by atoms with Crippen molar-refractivity contribution in [3.05, 3.63) is 27.4 Å². The summed E-state index contributed by atoms with van der Waals surface area (Å²) in [6.07, 6.45) is 1.33. The Labute approximate surface area is 140 Å². The summed E-state index contributed by atoms with van der Waals surface area (Å²) in [7, 11) is 0. The molecule has 2 heterocycles. The molecule has 0 aliphatic rings. The molecular formula is C16H25N5O3. The van der Waals surface area contributed by atoms with Gasteiger partial charge in [-0.3, -0.25) is 14.7 Å². The zero-order chi connectivity index (χ0) is 17.9. The molecule has 0 unspecified atom stereocenters. The Morgan fingerprint density at radius 2 is 2.08 bits per heavy atom. The van der Waals surface area contributed by atoms with Gasteiger partial charge in [0.25, 0.3) is 11.3 Å². The van der Waals surface area contributed by atoms with E-state index in [-0.39, 0.29) is 36.5 Å². The number of aromatic amines is 1. The summed E-state index contributed by atoms with van der Waals surface area (Å²) in [5.41, 5.74) is 0.849. The van der Waals surface area contributed by atoms with Gasteiger partial charge in [0, 0.05) is 12.0 Å². The van der Waals surface area contributed by atoms with Crippen molar-refractivity contribution in [2.45, 2.75) is 53.0 Å². The lowest BCUT2D eigenvalue weighted by molar-refractivity contribution is -0.122. The number of carbonyl (C=O) groups is 1. The first-order valence-electron chi connectivity index (χ1n) is 8.22. The van der Waals surface area contributed by atoms with Gasteiger partial charge in [-0.15, -0.1) is 0 Å². The highest BCUT2D eigenvalue weighted by Gasteiger charge is 2.18. The molecule has 2 rings (SSSR count). The van der Waals surface area contributed by atoms with Gasteiger partial charge in [-0.25, -0.2) is 4.98 Å². The van der Waals surface area contributed by atoms with Gasteiger partial charge in [-0.05, 0) is 26.2 Å². The van der Waals surface area contributed by atoms with Gasteiger partial charge in [-0.2, -0.15) is 9.50 Å². The van der Waals surface area contributed by atoms with Crippen LogP contribution < -0.4 is 10.9 Å². The lowest BCUT2D eigenvalue weighted by atomic mass is 9.99. The Morgan fingerprint density at radius 1 is 1.38 bits per heavy atom. The molecule has 0 aliphatic heterocycles. The highest BCUT2D eigenvalue weighted by Crippen LogP contribution is 2.09. The summed E-state index contributed by atoms with van der Waals surface area (Å²) < 4.78 is 1.30. The molecule has 0 saturated heterocycles. The fourth-order valence-electron chi connectivity index (χ4n) is 2.62. The second kappa shape index (κ2) is 7.57. The third-order valence-corrected chi connectivity index (χ3v) is 4.38. The summed E-state index contributed by atoms with van der Waals surface area (Å²) in [6.45, 7) is 7.39. The molecule has 0 saturated carbocycles. The number of nitrogens with one attached hydrogen (secondary N) is 2. The maximum atomic E-state index is 12.5. The second-order valence-electron chi connectivity index (χ2n) is 6.17. The van der Waals surface area contributed by atoms with Gasteiger partial charge < -0.3 is 10.4 Å². The van der Waals surface area contributed by atoms with Gasteiger partial charge in [0.1, 0.15) is 5.82 Å². The van der Waals surface area contributed by atoms with Crippen LogP contribution in [0.15, 0.2) is 4.79 Å². The fourth-order valence-corrected chi connectivity index (χ4v) is 2.62. The van der Waals surface area contributed by atoms with E-state index >= 15 is 0 Å². The number of amides is 1. The van der Waals surface area contributed by atoms with Crippen LogP contribution in [0.5, 0.6) is 0 Å². The molecule has 1 amide bonds. The molecule has 24 heavy (non-hydrogen) atoms. The summed E-state index contributed by atoms with van der Waals surface area (Å²) >= 11 is 0. The van der Waals surface area contributed by atoms with Crippen LogP contribution in [0.2, 0.25) is 0 Å². The SMILES string of the molecule is CC[C@@H](C)[C@H](CO)NC(=O)CCc1c(C)nc2nc(C)[nH]n2c1=O. The summed E-state index contributed by atoms with van der Waals surface area (Å²) in [6, 6.07) is -0.263. The molecule has 0 spiro atoms. The van der Waals surface area contributed by atoms with Gasteiger partial charge in [0.15, 0.2) is 0 Å². The first-order valence-corrected chi connectivity index (χ1v) is 8.22. The van der Waals surface area contributed by atoms with Crippen molar-refractivity contribution in [2.24, 2.45) is 5.92 Å².